The van der Waals surface area contributed by atoms with E-state index >= 15 is 0 Å². The second kappa shape index (κ2) is 6.72. The molecule has 2 aromatic rings. The molecule has 1 heterocycles. The van der Waals surface area contributed by atoms with Gasteiger partial charge >= 0.3 is 0 Å². The van der Waals surface area contributed by atoms with Crippen LogP contribution in [0, 0.1) is 0 Å². The molecule has 2 rings (SSSR count). The lowest BCUT2D eigenvalue weighted by molar-refractivity contribution is 0.0617. The Morgan fingerprint density at radius 3 is 2.62 bits per heavy atom. The van der Waals surface area contributed by atoms with Crippen molar-refractivity contribution >= 4 is 16.8 Å². The summed E-state index contributed by atoms with van der Waals surface area (Å²) in [6, 6.07) is 7.84. The first-order chi connectivity index (χ1) is 10.1. The minimum atomic E-state index is -0.102. The molecule has 0 aliphatic rings. The van der Waals surface area contributed by atoms with Gasteiger partial charge in [-0.1, -0.05) is 32.0 Å². The summed E-state index contributed by atoms with van der Waals surface area (Å²) in [7, 11) is 1.84. The molecule has 1 aromatic carbocycles. The van der Waals surface area contributed by atoms with Crippen LogP contribution in [0.1, 0.15) is 37.2 Å². The van der Waals surface area contributed by atoms with Crippen molar-refractivity contribution in [2.24, 2.45) is 7.05 Å². The fraction of sp³-hybridized carbons (Fsp3) is 0.500. The van der Waals surface area contributed by atoms with Crippen LogP contribution in [-0.4, -0.2) is 44.9 Å². The zero-order valence-electron chi connectivity index (χ0n) is 12.9. The molecule has 5 heteroatoms. The smallest absolute Gasteiger partial charge is 0.275 e. The third-order valence-electron chi connectivity index (χ3n) is 3.95. The first-order valence-electron chi connectivity index (χ1n) is 7.47. The zero-order chi connectivity index (χ0) is 15.4. The van der Waals surface area contributed by atoms with Crippen molar-refractivity contribution in [3.63, 3.8) is 0 Å². The standard InChI is InChI=1S/C16H23N3O2/c1-4-12(5-2)19(10-11-20)16(21)15-13-8-6-7-9-14(13)18(3)17-15/h6-9,12,20H,4-5,10-11H2,1-3H3. The minimum absolute atomic E-state index is 0.0347. The van der Waals surface area contributed by atoms with E-state index in [-0.39, 0.29) is 18.6 Å². The summed E-state index contributed by atoms with van der Waals surface area (Å²) in [5, 5.41) is 14.5. The SMILES string of the molecule is CCC(CC)N(CCO)C(=O)c1nn(C)c2ccccc12. The summed E-state index contributed by atoms with van der Waals surface area (Å²) >= 11 is 0. The van der Waals surface area contributed by atoms with E-state index < -0.39 is 0 Å². The van der Waals surface area contributed by atoms with Gasteiger partial charge < -0.3 is 10.0 Å². The van der Waals surface area contributed by atoms with Gasteiger partial charge in [-0.05, 0) is 18.9 Å². The summed E-state index contributed by atoms with van der Waals surface area (Å²) in [5.74, 6) is -0.102. The molecule has 0 bridgehead atoms. The van der Waals surface area contributed by atoms with E-state index in [2.05, 4.69) is 18.9 Å². The van der Waals surface area contributed by atoms with E-state index in [0.717, 1.165) is 23.7 Å². The van der Waals surface area contributed by atoms with Gasteiger partial charge in [-0.2, -0.15) is 5.10 Å². The van der Waals surface area contributed by atoms with Gasteiger partial charge in [0.25, 0.3) is 5.91 Å². The van der Waals surface area contributed by atoms with E-state index in [1.54, 1.807) is 9.58 Å². The molecule has 0 saturated heterocycles. The Labute approximate surface area is 125 Å². The Hall–Kier alpha value is -1.88. The number of hydrogen-bond acceptors (Lipinski definition) is 3. The van der Waals surface area contributed by atoms with Crippen LogP contribution >= 0.6 is 0 Å². The predicted octanol–water partition coefficient (Wildman–Crippen LogP) is 2.20. The number of carbonyl (C=O) groups is 1. The molecule has 21 heavy (non-hydrogen) atoms. The largest absolute Gasteiger partial charge is 0.395 e. The third-order valence-corrected chi connectivity index (χ3v) is 3.95. The van der Waals surface area contributed by atoms with E-state index in [9.17, 15) is 9.90 Å². The summed E-state index contributed by atoms with van der Waals surface area (Å²) < 4.78 is 1.73. The van der Waals surface area contributed by atoms with Crippen LogP contribution < -0.4 is 0 Å². The van der Waals surface area contributed by atoms with Gasteiger partial charge in [0, 0.05) is 25.0 Å². The number of aryl methyl sites for hydroxylation is 1. The second-order valence-electron chi connectivity index (χ2n) is 5.18. The summed E-state index contributed by atoms with van der Waals surface area (Å²) in [5.41, 5.74) is 1.41. The third kappa shape index (κ3) is 2.93. The van der Waals surface area contributed by atoms with E-state index in [4.69, 9.17) is 0 Å². The van der Waals surface area contributed by atoms with Gasteiger partial charge in [-0.3, -0.25) is 9.48 Å². The molecular weight excluding hydrogens is 266 g/mol. The summed E-state index contributed by atoms with van der Waals surface area (Å²) in [4.78, 5) is 14.6. The number of nitrogens with zero attached hydrogens (tertiary/aromatic N) is 3. The monoisotopic (exact) mass is 289 g/mol. The normalized spacial score (nSPS) is 11.3. The Bertz CT molecular complexity index is 617. The highest BCUT2D eigenvalue weighted by atomic mass is 16.3. The molecule has 0 aliphatic heterocycles. The van der Waals surface area contributed by atoms with Crippen LogP contribution in [0.5, 0.6) is 0 Å². The lowest BCUT2D eigenvalue weighted by atomic mass is 10.1. The maximum atomic E-state index is 12.9. The molecule has 0 aliphatic carbocycles. The first-order valence-corrected chi connectivity index (χ1v) is 7.47. The number of aliphatic hydroxyl groups is 1. The zero-order valence-corrected chi connectivity index (χ0v) is 12.9. The van der Waals surface area contributed by atoms with Gasteiger partial charge in [0.1, 0.15) is 0 Å². The fourth-order valence-electron chi connectivity index (χ4n) is 2.79. The molecule has 0 radical (unpaired) electrons. The number of aliphatic hydroxyl groups excluding tert-OH is 1. The molecule has 114 valence electrons. The lowest BCUT2D eigenvalue weighted by Crippen LogP contribution is -2.41. The van der Waals surface area contributed by atoms with Gasteiger partial charge in [0.15, 0.2) is 5.69 Å². The van der Waals surface area contributed by atoms with Crippen LogP contribution in [0.15, 0.2) is 24.3 Å². The Morgan fingerprint density at radius 2 is 2.00 bits per heavy atom. The Kier molecular flexibility index (Phi) is 4.96. The average Bonchev–Trinajstić information content (AvgIpc) is 2.84. The molecule has 1 amide bonds. The van der Waals surface area contributed by atoms with E-state index in [1.807, 2.05) is 31.3 Å². The van der Waals surface area contributed by atoms with Crippen LogP contribution in [0.2, 0.25) is 0 Å². The minimum Gasteiger partial charge on any atom is -0.395 e. The molecule has 0 saturated carbocycles. The topological polar surface area (TPSA) is 58.4 Å². The van der Waals surface area contributed by atoms with Crippen molar-refractivity contribution in [1.29, 1.82) is 0 Å². The van der Waals surface area contributed by atoms with Gasteiger partial charge in [0.2, 0.25) is 0 Å². The first kappa shape index (κ1) is 15.5. The van der Waals surface area contributed by atoms with E-state index in [0.29, 0.717) is 12.2 Å². The van der Waals surface area contributed by atoms with Crippen LogP contribution in [0.3, 0.4) is 0 Å². The van der Waals surface area contributed by atoms with Crippen LogP contribution in [0.4, 0.5) is 0 Å². The van der Waals surface area contributed by atoms with Crippen molar-refractivity contribution < 1.29 is 9.90 Å². The maximum absolute atomic E-state index is 12.9. The van der Waals surface area contributed by atoms with E-state index in [1.165, 1.54) is 0 Å². The number of amides is 1. The molecule has 0 fully saturated rings. The second-order valence-corrected chi connectivity index (χ2v) is 5.18. The highest BCUT2D eigenvalue weighted by Gasteiger charge is 2.25. The highest BCUT2D eigenvalue weighted by molar-refractivity contribution is 6.04. The highest BCUT2D eigenvalue weighted by Crippen LogP contribution is 2.21. The fourth-order valence-corrected chi connectivity index (χ4v) is 2.79. The average molecular weight is 289 g/mol. The van der Waals surface area contributed by atoms with Crippen molar-refractivity contribution in [3.05, 3.63) is 30.0 Å². The van der Waals surface area contributed by atoms with Crippen molar-refractivity contribution in [3.8, 4) is 0 Å². The molecule has 1 aromatic heterocycles. The number of carbonyl (C=O) groups excluding carboxylic acids is 1. The summed E-state index contributed by atoms with van der Waals surface area (Å²) in [6.07, 6.45) is 1.74. The Balaban J connectivity index is 2.43. The van der Waals surface area contributed by atoms with Crippen molar-refractivity contribution in [1.82, 2.24) is 14.7 Å². The molecule has 5 nitrogen and oxygen atoms in total. The molecule has 0 unspecified atom stereocenters. The molecular formula is C16H23N3O2. The van der Waals surface area contributed by atoms with Crippen LogP contribution in [0.25, 0.3) is 10.9 Å². The number of benzene rings is 1. The quantitative estimate of drug-likeness (QED) is 0.887. The number of aromatic nitrogens is 2. The molecule has 0 spiro atoms. The molecule has 0 atom stereocenters. The van der Waals surface area contributed by atoms with Gasteiger partial charge in [-0.15, -0.1) is 0 Å². The van der Waals surface area contributed by atoms with Crippen molar-refractivity contribution in [2.75, 3.05) is 13.2 Å². The maximum Gasteiger partial charge on any atom is 0.275 e. The Morgan fingerprint density at radius 1 is 1.33 bits per heavy atom. The van der Waals surface area contributed by atoms with Crippen LogP contribution in [-0.2, 0) is 7.05 Å². The number of fused-ring (bicyclic) bond motifs is 1. The van der Waals surface area contributed by atoms with Gasteiger partial charge in [0.05, 0.1) is 12.1 Å². The van der Waals surface area contributed by atoms with Gasteiger partial charge in [-0.25, -0.2) is 0 Å². The number of para-hydroxylation sites is 1. The summed E-state index contributed by atoms with van der Waals surface area (Å²) in [6.45, 7) is 4.42. The molecule has 1 N–H and O–H groups in total. The predicted molar refractivity (Wildman–Crippen MR) is 83.2 cm³/mol. The van der Waals surface area contributed by atoms with Crippen molar-refractivity contribution in [2.45, 2.75) is 32.7 Å². The number of hydrogen-bond donors (Lipinski definition) is 1. The lowest BCUT2D eigenvalue weighted by Gasteiger charge is -2.29. The number of rotatable bonds is 6.